The molecule has 21 heavy (non-hydrogen) atoms. The topological polar surface area (TPSA) is 59.8 Å². The second kappa shape index (κ2) is 6.08. The van der Waals surface area contributed by atoms with Gasteiger partial charge in [-0.15, -0.1) is 0 Å². The number of fused-ring (bicyclic) bond motifs is 1. The highest BCUT2D eigenvalue weighted by Gasteiger charge is 2.19. The minimum absolute atomic E-state index is 0.0667. The van der Waals surface area contributed by atoms with Crippen molar-refractivity contribution in [1.29, 1.82) is 0 Å². The Balaban J connectivity index is 1.47. The summed E-state index contributed by atoms with van der Waals surface area (Å²) in [7, 11) is 0. The number of nitrogens with one attached hydrogen (secondary N) is 1. The minimum atomic E-state index is 0.0667. The quantitative estimate of drug-likeness (QED) is 0.925. The maximum Gasteiger partial charge on any atom is 0.224 e. The van der Waals surface area contributed by atoms with Crippen LogP contribution in [0, 0.1) is 12.8 Å². The molecule has 3 heterocycles. The van der Waals surface area contributed by atoms with Gasteiger partial charge in [0.25, 0.3) is 0 Å². The van der Waals surface area contributed by atoms with Crippen LogP contribution in [-0.2, 0) is 24.2 Å². The minimum Gasteiger partial charge on any atom is -0.355 e. The molecule has 0 aliphatic carbocycles. The molecular weight excluding hydrogens is 264 g/mol. The number of pyridine rings is 1. The van der Waals surface area contributed by atoms with Gasteiger partial charge in [-0.05, 0) is 30.9 Å². The first kappa shape index (κ1) is 13.8. The van der Waals surface area contributed by atoms with Crippen LogP contribution < -0.4 is 5.32 Å². The van der Waals surface area contributed by atoms with Crippen LogP contribution in [0.4, 0.5) is 0 Å². The molecule has 1 amide bonds. The highest BCUT2D eigenvalue weighted by Crippen LogP contribution is 2.17. The SMILES string of the molecule is Cc1ccc(CC(=O)NCC2CCc3nccn3C2)cn1. The van der Waals surface area contributed by atoms with Gasteiger partial charge in [0.15, 0.2) is 0 Å². The van der Waals surface area contributed by atoms with Crippen molar-refractivity contribution in [2.75, 3.05) is 6.54 Å². The first-order chi connectivity index (χ1) is 10.2. The lowest BCUT2D eigenvalue weighted by Gasteiger charge is -2.23. The average Bonchev–Trinajstić information content (AvgIpc) is 2.95. The summed E-state index contributed by atoms with van der Waals surface area (Å²) in [5.74, 6) is 1.71. The monoisotopic (exact) mass is 284 g/mol. The van der Waals surface area contributed by atoms with E-state index in [0.29, 0.717) is 12.3 Å². The van der Waals surface area contributed by atoms with E-state index in [1.807, 2.05) is 31.5 Å². The number of carbonyl (C=O) groups is 1. The summed E-state index contributed by atoms with van der Waals surface area (Å²) < 4.78 is 2.18. The number of imidazole rings is 1. The van der Waals surface area contributed by atoms with E-state index in [2.05, 4.69) is 19.9 Å². The molecule has 1 unspecified atom stereocenters. The maximum atomic E-state index is 12.0. The molecule has 0 spiro atoms. The Morgan fingerprint density at radius 3 is 3.14 bits per heavy atom. The van der Waals surface area contributed by atoms with Crippen molar-refractivity contribution in [3.05, 3.63) is 47.8 Å². The summed E-state index contributed by atoms with van der Waals surface area (Å²) in [6, 6.07) is 3.89. The van der Waals surface area contributed by atoms with Gasteiger partial charge in [-0.1, -0.05) is 6.07 Å². The molecule has 1 N–H and O–H groups in total. The Hall–Kier alpha value is -2.17. The van der Waals surface area contributed by atoms with E-state index in [0.717, 1.165) is 43.0 Å². The van der Waals surface area contributed by atoms with Crippen molar-refractivity contribution in [2.45, 2.75) is 32.7 Å². The van der Waals surface area contributed by atoms with Crippen LogP contribution in [0.25, 0.3) is 0 Å². The molecule has 1 aliphatic heterocycles. The third-order valence-electron chi connectivity index (χ3n) is 3.96. The number of hydrogen-bond acceptors (Lipinski definition) is 3. The number of carbonyl (C=O) groups excluding carboxylic acids is 1. The highest BCUT2D eigenvalue weighted by atomic mass is 16.1. The molecule has 2 aromatic heterocycles. The smallest absolute Gasteiger partial charge is 0.224 e. The van der Waals surface area contributed by atoms with Crippen molar-refractivity contribution < 1.29 is 4.79 Å². The molecule has 0 bridgehead atoms. The molecule has 0 fully saturated rings. The first-order valence-electron chi connectivity index (χ1n) is 7.39. The van der Waals surface area contributed by atoms with Gasteiger partial charge in [0.05, 0.1) is 6.42 Å². The van der Waals surface area contributed by atoms with Crippen molar-refractivity contribution in [3.63, 3.8) is 0 Å². The lowest BCUT2D eigenvalue weighted by molar-refractivity contribution is -0.120. The molecule has 0 radical (unpaired) electrons. The van der Waals surface area contributed by atoms with Crippen molar-refractivity contribution in [3.8, 4) is 0 Å². The number of aromatic nitrogens is 3. The number of nitrogens with zero attached hydrogens (tertiary/aromatic N) is 3. The molecule has 110 valence electrons. The highest BCUT2D eigenvalue weighted by molar-refractivity contribution is 5.78. The van der Waals surface area contributed by atoms with E-state index in [9.17, 15) is 4.79 Å². The Morgan fingerprint density at radius 2 is 2.33 bits per heavy atom. The fourth-order valence-corrected chi connectivity index (χ4v) is 2.71. The number of hydrogen-bond donors (Lipinski definition) is 1. The van der Waals surface area contributed by atoms with Gasteiger partial charge >= 0.3 is 0 Å². The maximum absolute atomic E-state index is 12.0. The zero-order chi connectivity index (χ0) is 14.7. The van der Waals surface area contributed by atoms with Crippen LogP contribution in [0.1, 0.15) is 23.5 Å². The van der Waals surface area contributed by atoms with Crippen molar-refractivity contribution >= 4 is 5.91 Å². The van der Waals surface area contributed by atoms with E-state index in [4.69, 9.17) is 0 Å². The van der Waals surface area contributed by atoms with Gasteiger partial charge in [0.2, 0.25) is 5.91 Å². The number of amides is 1. The van der Waals surface area contributed by atoms with Gasteiger partial charge < -0.3 is 9.88 Å². The zero-order valence-electron chi connectivity index (χ0n) is 12.2. The predicted molar refractivity (Wildman–Crippen MR) is 79.7 cm³/mol. The summed E-state index contributed by atoms with van der Waals surface area (Å²) in [6.07, 6.45) is 8.12. The van der Waals surface area contributed by atoms with Crippen molar-refractivity contribution in [1.82, 2.24) is 19.9 Å². The number of aryl methyl sites for hydroxylation is 2. The third kappa shape index (κ3) is 3.48. The second-order valence-electron chi connectivity index (χ2n) is 5.69. The Labute approximate surface area is 124 Å². The molecular formula is C16H20N4O. The zero-order valence-corrected chi connectivity index (χ0v) is 12.2. The largest absolute Gasteiger partial charge is 0.355 e. The molecule has 1 aliphatic rings. The predicted octanol–water partition coefficient (Wildman–Crippen LogP) is 1.51. The van der Waals surface area contributed by atoms with Crippen LogP contribution in [0.15, 0.2) is 30.7 Å². The summed E-state index contributed by atoms with van der Waals surface area (Å²) in [4.78, 5) is 20.5. The molecule has 2 aromatic rings. The second-order valence-corrected chi connectivity index (χ2v) is 5.69. The Morgan fingerprint density at radius 1 is 1.43 bits per heavy atom. The van der Waals surface area contributed by atoms with E-state index in [-0.39, 0.29) is 5.91 Å². The normalized spacial score (nSPS) is 17.3. The van der Waals surface area contributed by atoms with E-state index in [1.54, 1.807) is 6.20 Å². The fraction of sp³-hybridized carbons (Fsp3) is 0.438. The van der Waals surface area contributed by atoms with E-state index in [1.165, 1.54) is 0 Å². The number of rotatable bonds is 4. The lowest BCUT2D eigenvalue weighted by Crippen LogP contribution is -2.34. The summed E-state index contributed by atoms with van der Waals surface area (Å²) in [5, 5.41) is 3.04. The standard InChI is InChI=1S/C16H20N4O/c1-12-2-3-13(9-18-12)8-16(21)19-10-14-4-5-15-17-6-7-20(15)11-14/h2-3,6-7,9,14H,4-5,8,10-11H2,1H3,(H,19,21). The van der Waals surface area contributed by atoms with Crippen LogP contribution in [0.2, 0.25) is 0 Å². The van der Waals surface area contributed by atoms with Gasteiger partial charge in [-0.25, -0.2) is 4.98 Å². The van der Waals surface area contributed by atoms with E-state index < -0.39 is 0 Å². The van der Waals surface area contributed by atoms with Crippen molar-refractivity contribution in [2.24, 2.45) is 5.92 Å². The van der Waals surface area contributed by atoms with E-state index >= 15 is 0 Å². The van der Waals surface area contributed by atoms with Gasteiger partial charge in [-0.2, -0.15) is 0 Å². The molecule has 0 saturated carbocycles. The summed E-state index contributed by atoms with van der Waals surface area (Å²) in [6.45, 7) is 3.62. The lowest BCUT2D eigenvalue weighted by atomic mass is 9.99. The molecule has 0 saturated heterocycles. The van der Waals surface area contributed by atoms with Crippen LogP contribution in [0.5, 0.6) is 0 Å². The van der Waals surface area contributed by atoms with Gasteiger partial charge in [-0.3, -0.25) is 9.78 Å². The van der Waals surface area contributed by atoms with Crippen LogP contribution in [0.3, 0.4) is 0 Å². The average molecular weight is 284 g/mol. The van der Waals surface area contributed by atoms with Gasteiger partial charge in [0.1, 0.15) is 5.82 Å². The Bertz CT molecular complexity index is 617. The van der Waals surface area contributed by atoms with Gasteiger partial charge in [0, 0.05) is 43.8 Å². The van der Waals surface area contributed by atoms with Crippen LogP contribution in [-0.4, -0.2) is 27.0 Å². The molecule has 0 aromatic carbocycles. The molecule has 3 rings (SSSR count). The molecule has 5 heteroatoms. The fourth-order valence-electron chi connectivity index (χ4n) is 2.71. The summed E-state index contributed by atoms with van der Waals surface area (Å²) in [5.41, 5.74) is 1.93. The van der Waals surface area contributed by atoms with Crippen LogP contribution >= 0.6 is 0 Å². The molecule has 5 nitrogen and oxygen atoms in total. The third-order valence-corrected chi connectivity index (χ3v) is 3.96. The molecule has 1 atom stereocenters. The first-order valence-corrected chi connectivity index (χ1v) is 7.39. The Kier molecular flexibility index (Phi) is 3.99. The summed E-state index contributed by atoms with van der Waals surface area (Å²) >= 11 is 0.